The Morgan fingerprint density at radius 3 is 2.12 bits per heavy atom. The fraction of sp³-hybridized carbons (Fsp3) is 0.263. The molecule has 0 aliphatic rings. The van der Waals surface area contributed by atoms with E-state index in [9.17, 15) is 5.11 Å². The number of aromatic hydroxyl groups is 1. The first-order valence-corrected chi connectivity index (χ1v) is 14.6. The number of fused-ring (bicyclic) bond motifs is 3. The summed E-state index contributed by atoms with van der Waals surface area (Å²) in [7, 11) is 0. The van der Waals surface area contributed by atoms with Crippen LogP contribution in [0.15, 0.2) is 85.1 Å². The lowest BCUT2D eigenvalue weighted by Crippen LogP contribution is -2.13. The molecule has 0 saturated carbocycles. The Hall–Kier alpha value is -4.44. The van der Waals surface area contributed by atoms with Crippen LogP contribution in [0, 0.1) is 13.8 Å². The number of hydrogen-bond acceptors (Lipinski definition) is 3. The van der Waals surface area contributed by atoms with Gasteiger partial charge in [-0.3, -0.25) is 9.55 Å². The number of aryl methyl sites for hydroxylation is 2. The quantitative estimate of drug-likeness (QED) is 0.237. The molecule has 0 saturated heterocycles. The van der Waals surface area contributed by atoms with Gasteiger partial charge in [0.25, 0.3) is 0 Å². The van der Waals surface area contributed by atoms with Gasteiger partial charge in [0.05, 0.1) is 22.4 Å². The standard InChI is InChI=1S/C38H39N3O/c1-23-17-24(2)36(42)30(18-23)32-21-27(38(6,7)8)22-35(40-32)41-33-15-13-26(37(3,4)5)20-29(33)28-14-12-25(19-34(28)41)31-11-9-10-16-39-31/h9-22,42H,1-8H3. The average Bonchev–Trinajstić information content (AvgIpc) is 3.27. The van der Waals surface area contributed by atoms with E-state index in [1.807, 2.05) is 43.5 Å². The van der Waals surface area contributed by atoms with Crippen molar-refractivity contribution in [2.24, 2.45) is 0 Å². The average molecular weight is 554 g/mol. The van der Waals surface area contributed by atoms with Crippen LogP contribution in [0.4, 0.5) is 0 Å². The predicted octanol–water partition coefficient (Wildman–Crippen LogP) is 9.83. The Morgan fingerprint density at radius 2 is 1.43 bits per heavy atom. The van der Waals surface area contributed by atoms with Crippen molar-refractivity contribution in [3.05, 3.63) is 107 Å². The minimum Gasteiger partial charge on any atom is -0.507 e. The summed E-state index contributed by atoms with van der Waals surface area (Å²) in [5.41, 5.74) is 9.98. The molecular weight excluding hydrogens is 514 g/mol. The van der Waals surface area contributed by atoms with Gasteiger partial charge in [-0.2, -0.15) is 0 Å². The molecule has 42 heavy (non-hydrogen) atoms. The summed E-state index contributed by atoms with van der Waals surface area (Å²) in [5, 5.41) is 13.5. The summed E-state index contributed by atoms with van der Waals surface area (Å²) in [6.45, 7) is 17.4. The van der Waals surface area contributed by atoms with Crippen molar-refractivity contribution in [1.29, 1.82) is 0 Å². The van der Waals surface area contributed by atoms with Gasteiger partial charge < -0.3 is 5.11 Å². The number of nitrogens with zero attached hydrogens (tertiary/aromatic N) is 3. The molecule has 6 rings (SSSR count). The van der Waals surface area contributed by atoms with Crippen molar-refractivity contribution >= 4 is 21.8 Å². The molecule has 3 aromatic carbocycles. The van der Waals surface area contributed by atoms with Crippen LogP contribution in [-0.4, -0.2) is 19.6 Å². The molecule has 212 valence electrons. The normalized spacial score (nSPS) is 12.4. The summed E-state index contributed by atoms with van der Waals surface area (Å²) in [6, 6.07) is 27.8. The van der Waals surface area contributed by atoms with Crippen LogP contribution in [0.1, 0.15) is 63.8 Å². The monoisotopic (exact) mass is 553 g/mol. The number of rotatable bonds is 3. The number of benzene rings is 3. The van der Waals surface area contributed by atoms with Crippen LogP contribution < -0.4 is 0 Å². The van der Waals surface area contributed by atoms with Gasteiger partial charge in [0.15, 0.2) is 0 Å². The molecule has 0 unspecified atom stereocenters. The molecule has 0 aliphatic carbocycles. The molecule has 0 atom stereocenters. The van der Waals surface area contributed by atoms with Crippen molar-refractivity contribution < 1.29 is 5.11 Å². The van der Waals surface area contributed by atoms with E-state index in [0.29, 0.717) is 0 Å². The van der Waals surface area contributed by atoms with Crippen molar-refractivity contribution in [2.75, 3.05) is 0 Å². The van der Waals surface area contributed by atoms with E-state index >= 15 is 0 Å². The Kier molecular flexibility index (Phi) is 6.49. The van der Waals surface area contributed by atoms with Crippen LogP contribution in [0.25, 0.3) is 50.1 Å². The van der Waals surface area contributed by atoms with Gasteiger partial charge in [-0.25, -0.2) is 4.98 Å². The smallest absolute Gasteiger partial charge is 0.138 e. The molecule has 1 N–H and O–H groups in total. The van der Waals surface area contributed by atoms with Crippen molar-refractivity contribution in [2.45, 2.75) is 66.2 Å². The SMILES string of the molecule is Cc1cc(C)c(O)c(-c2cc(C(C)(C)C)cc(-n3c4ccc(C(C)(C)C)cc4c4ccc(-c5ccccn5)cc43)n2)c1. The molecule has 0 aliphatic heterocycles. The maximum atomic E-state index is 11.1. The maximum Gasteiger partial charge on any atom is 0.138 e. The lowest BCUT2D eigenvalue weighted by molar-refractivity contribution is 0.472. The summed E-state index contributed by atoms with van der Waals surface area (Å²) in [6.07, 6.45) is 1.83. The zero-order chi connectivity index (χ0) is 30.0. The first-order valence-electron chi connectivity index (χ1n) is 14.6. The fourth-order valence-electron chi connectivity index (χ4n) is 5.78. The Bertz CT molecular complexity index is 1970. The third-order valence-corrected chi connectivity index (χ3v) is 8.22. The molecule has 3 aromatic heterocycles. The number of phenolic OH excluding ortho intramolecular Hbond substituents is 1. The minimum absolute atomic E-state index is 0.0225. The first-order chi connectivity index (χ1) is 19.8. The number of pyridine rings is 2. The molecular formula is C38H39N3O. The molecule has 6 aromatic rings. The Balaban J connectivity index is 1.72. The van der Waals surface area contributed by atoms with Gasteiger partial charge in [-0.05, 0) is 95.5 Å². The van der Waals surface area contributed by atoms with Crippen LogP contribution in [0.2, 0.25) is 0 Å². The van der Waals surface area contributed by atoms with E-state index < -0.39 is 0 Å². The highest BCUT2D eigenvalue weighted by atomic mass is 16.3. The van der Waals surface area contributed by atoms with Gasteiger partial charge in [-0.1, -0.05) is 71.9 Å². The van der Waals surface area contributed by atoms with E-state index in [1.54, 1.807) is 0 Å². The third-order valence-electron chi connectivity index (χ3n) is 8.22. The highest BCUT2D eigenvalue weighted by Crippen LogP contribution is 2.39. The van der Waals surface area contributed by atoms with Gasteiger partial charge in [0.1, 0.15) is 11.6 Å². The molecule has 4 heteroatoms. The van der Waals surface area contributed by atoms with Gasteiger partial charge in [0.2, 0.25) is 0 Å². The molecule has 4 nitrogen and oxygen atoms in total. The molecule has 0 amide bonds. The second-order valence-electron chi connectivity index (χ2n) is 13.6. The van der Waals surface area contributed by atoms with E-state index in [4.69, 9.17) is 4.98 Å². The minimum atomic E-state index is -0.127. The fourth-order valence-corrected chi connectivity index (χ4v) is 5.78. The highest BCUT2D eigenvalue weighted by Gasteiger charge is 2.23. The van der Waals surface area contributed by atoms with Gasteiger partial charge in [-0.15, -0.1) is 0 Å². The molecule has 0 bridgehead atoms. The van der Waals surface area contributed by atoms with Crippen molar-refractivity contribution in [3.8, 4) is 34.1 Å². The molecule has 0 radical (unpaired) electrons. The largest absolute Gasteiger partial charge is 0.507 e. The lowest BCUT2D eigenvalue weighted by atomic mass is 9.86. The number of hydrogen-bond donors (Lipinski definition) is 1. The number of phenols is 1. The van der Waals surface area contributed by atoms with E-state index in [2.05, 4.69) is 107 Å². The van der Waals surface area contributed by atoms with E-state index in [-0.39, 0.29) is 16.6 Å². The van der Waals surface area contributed by atoms with E-state index in [0.717, 1.165) is 56.1 Å². The van der Waals surface area contributed by atoms with Gasteiger partial charge >= 0.3 is 0 Å². The first kappa shape index (κ1) is 27.7. The zero-order valence-electron chi connectivity index (χ0n) is 25.9. The van der Waals surface area contributed by atoms with Crippen LogP contribution in [0.3, 0.4) is 0 Å². The second kappa shape index (κ2) is 9.84. The van der Waals surface area contributed by atoms with Gasteiger partial charge in [0, 0.05) is 28.1 Å². The third kappa shape index (κ3) is 4.85. The summed E-state index contributed by atoms with van der Waals surface area (Å²) in [4.78, 5) is 9.90. The van der Waals surface area contributed by atoms with Crippen LogP contribution >= 0.6 is 0 Å². The van der Waals surface area contributed by atoms with E-state index in [1.165, 1.54) is 16.3 Å². The summed E-state index contributed by atoms with van der Waals surface area (Å²) in [5.74, 6) is 1.11. The maximum absolute atomic E-state index is 11.1. The Labute approximate surface area is 248 Å². The predicted molar refractivity (Wildman–Crippen MR) is 176 cm³/mol. The summed E-state index contributed by atoms with van der Waals surface area (Å²) >= 11 is 0. The molecule has 0 spiro atoms. The van der Waals surface area contributed by atoms with Crippen LogP contribution in [0.5, 0.6) is 5.75 Å². The molecule has 0 fully saturated rings. The Morgan fingerprint density at radius 1 is 0.667 bits per heavy atom. The summed E-state index contributed by atoms with van der Waals surface area (Å²) < 4.78 is 2.28. The number of aromatic nitrogens is 3. The zero-order valence-corrected chi connectivity index (χ0v) is 25.9. The highest BCUT2D eigenvalue weighted by molar-refractivity contribution is 6.10. The van der Waals surface area contributed by atoms with Crippen molar-refractivity contribution in [3.63, 3.8) is 0 Å². The molecule has 3 heterocycles. The topological polar surface area (TPSA) is 50.9 Å². The second-order valence-corrected chi connectivity index (χ2v) is 13.6. The van der Waals surface area contributed by atoms with Crippen LogP contribution in [-0.2, 0) is 10.8 Å². The lowest BCUT2D eigenvalue weighted by Gasteiger charge is -2.22. The van der Waals surface area contributed by atoms with Crippen molar-refractivity contribution in [1.82, 2.24) is 14.5 Å².